The lowest BCUT2D eigenvalue weighted by Crippen LogP contribution is -2.32. The van der Waals surface area contributed by atoms with E-state index in [-0.39, 0.29) is 0 Å². The Labute approximate surface area is 123 Å². The molecule has 1 unspecified atom stereocenters. The highest BCUT2D eigenvalue weighted by Crippen LogP contribution is 2.35. The molecule has 3 rings (SSSR count). The van der Waals surface area contributed by atoms with Crippen molar-refractivity contribution in [2.45, 2.75) is 51.1 Å². The third-order valence-electron chi connectivity index (χ3n) is 4.61. The maximum absolute atomic E-state index is 3.66. The fourth-order valence-corrected chi connectivity index (χ4v) is 3.11. The van der Waals surface area contributed by atoms with E-state index in [4.69, 9.17) is 0 Å². The van der Waals surface area contributed by atoms with Crippen LogP contribution in [0.2, 0.25) is 0 Å². The fraction of sp³-hybridized carbons (Fsp3) is 0.667. The van der Waals surface area contributed by atoms with Crippen molar-refractivity contribution >= 4 is 0 Å². The van der Waals surface area contributed by atoms with Crippen molar-refractivity contribution in [2.75, 3.05) is 19.6 Å². The van der Waals surface area contributed by atoms with E-state index in [0.717, 1.165) is 18.5 Å². The third-order valence-corrected chi connectivity index (χ3v) is 4.61. The van der Waals surface area contributed by atoms with E-state index in [1.54, 1.807) is 0 Å². The van der Waals surface area contributed by atoms with Crippen LogP contribution in [0.5, 0.6) is 0 Å². The zero-order valence-corrected chi connectivity index (χ0v) is 12.7. The van der Waals surface area contributed by atoms with Gasteiger partial charge in [-0.1, -0.05) is 37.3 Å². The molecule has 0 heterocycles. The first-order valence-corrected chi connectivity index (χ1v) is 8.39. The second-order valence-corrected chi connectivity index (χ2v) is 6.48. The highest BCUT2D eigenvalue weighted by molar-refractivity contribution is 5.18. The molecule has 2 fully saturated rings. The van der Waals surface area contributed by atoms with Crippen LogP contribution in [0, 0.1) is 5.92 Å². The Morgan fingerprint density at radius 2 is 1.90 bits per heavy atom. The maximum atomic E-state index is 3.66. The Bertz CT molecular complexity index is 395. The summed E-state index contributed by atoms with van der Waals surface area (Å²) in [5.41, 5.74) is 1.44. The average Bonchev–Trinajstić information content (AvgIpc) is 3.36. The molecule has 1 atom stereocenters. The molecule has 0 radical (unpaired) electrons. The Morgan fingerprint density at radius 1 is 1.15 bits per heavy atom. The molecule has 1 N–H and O–H groups in total. The number of benzene rings is 1. The Balaban J connectivity index is 1.55. The van der Waals surface area contributed by atoms with Crippen LogP contribution < -0.4 is 5.32 Å². The molecule has 2 aliphatic rings. The summed E-state index contributed by atoms with van der Waals surface area (Å²) in [6, 6.07) is 12.4. The van der Waals surface area contributed by atoms with Gasteiger partial charge in [-0.2, -0.15) is 0 Å². The van der Waals surface area contributed by atoms with E-state index in [1.165, 1.54) is 50.8 Å². The lowest BCUT2D eigenvalue weighted by molar-refractivity contribution is 0.238. The summed E-state index contributed by atoms with van der Waals surface area (Å²) in [4.78, 5) is 2.77. The Hall–Kier alpha value is -0.860. The largest absolute Gasteiger partial charge is 0.310 e. The van der Waals surface area contributed by atoms with E-state index in [1.807, 2.05) is 0 Å². The van der Waals surface area contributed by atoms with E-state index in [2.05, 4.69) is 47.5 Å². The van der Waals surface area contributed by atoms with Crippen LogP contribution >= 0.6 is 0 Å². The summed E-state index contributed by atoms with van der Waals surface area (Å²) in [5, 5.41) is 3.66. The summed E-state index contributed by atoms with van der Waals surface area (Å²) < 4.78 is 0. The predicted molar refractivity (Wildman–Crippen MR) is 84.8 cm³/mol. The zero-order valence-electron chi connectivity index (χ0n) is 12.7. The molecule has 2 saturated carbocycles. The van der Waals surface area contributed by atoms with Gasteiger partial charge in [-0.25, -0.2) is 0 Å². The topological polar surface area (TPSA) is 15.3 Å². The van der Waals surface area contributed by atoms with Crippen molar-refractivity contribution < 1.29 is 0 Å². The van der Waals surface area contributed by atoms with Crippen LogP contribution in [-0.4, -0.2) is 30.6 Å². The molecular formula is C18H28N2. The van der Waals surface area contributed by atoms with Gasteiger partial charge in [0, 0.05) is 25.2 Å². The normalized spacial score (nSPS) is 20.3. The minimum Gasteiger partial charge on any atom is -0.310 e. The number of hydrogen-bond acceptors (Lipinski definition) is 2. The standard InChI is InChI=1S/C18H28N2/c1-2-19-18(16-6-4-3-5-7-16)12-13-20(17-10-11-17)14-15-8-9-15/h3-7,15,17-19H,2,8-14H2,1H3. The van der Waals surface area contributed by atoms with Crippen LogP contribution in [0.3, 0.4) is 0 Å². The first-order valence-electron chi connectivity index (χ1n) is 8.39. The molecule has 0 amide bonds. The molecule has 2 aliphatic carbocycles. The molecule has 2 nitrogen and oxygen atoms in total. The van der Waals surface area contributed by atoms with E-state index in [0.29, 0.717) is 6.04 Å². The number of nitrogens with one attached hydrogen (secondary N) is 1. The lowest BCUT2D eigenvalue weighted by Gasteiger charge is -2.25. The van der Waals surface area contributed by atoms with Gasteiger partial charge in [-0.3, -0.25) is 0 Å². The maximum Gasteiger partial charge on any atom is 0.0332 e. The van der Waals surface area contributed by atoms with Crippen molar-refractivity contribution in [3.8, 4) is 0 Å². The van der Waals surface area contributed by atoms with Gasteiger partial charge in [0.05, 0.1) is 0 Å². The molecule has 1 aromatic carbocycles. The van der Waals surface area contributed by atoms with Gasteiger partial charge in [0.2, 0.25) is 0 Å². The van der Waals surface area contributed by atoms with Gasteiger partial charge in [0.25, 0.3) is 0 Å². The van der Waals surface area contributed by atoms with Gasteiger partial charge in [-0.05, 0) is 50.1 Å². The van der Waals surface area contributed by atoms with Gasteiger partial charge in [0.15, 0.2) is 0 Å². The first kappa shape index (κ1) is 14.1. The Morgan fingerprint density at radius 3 is 2.50 bits per heavy atom. The van der Waals surface area contributed by atoms with E-state index >= 15 is 0 Å². The van der Waals surface area contributed by atoms with Crippen molar-refractivity contribution in [3.05, 3.63) is 35.9 Å². The predicted octanol–water partition coefficient (Wildman–Crippen LogP) is 3.60. The molecule has 20 heavy (non-hydrogen) atoms. The molecule has 0 aromatic heterocycles. The number of nitrogens with zero attached hydrogens (tertiary/aromatic N) is 1. The molecule has 0 spiro atoms. The van der Waals surface area contributed by atoms with Gasteiger partial charge >= 0.3 is 0 Å². The second-order valence-electron chi connectivity index (χ2n) is 6.48. The molecular weight excluding hydrogens is 244 g/mol. The van der Waals surface area contributed by atoms with Crippen LogP contribution in [0.1, 0.15) is 50.6 Å². The number of rotatable bonds is 9. The smallest absolute Gasteiger partial charge is 0.0332 e. The molecule has 0 saturated heterocycles. The highest BCUT2D eigenvalue weighted by atomic mass is 15.2. The summed E-state index contributed by atoms with van der Waals surface area (Å²) in [5.74, 6) is 1.02. The second kappa shape index (κ2) is 6.73. The summed E-state index contributed by atoms with van der Waals surface area (Å²) in [6.45, 7) is 5.87. The molecule has 110 valence electrons. The number of hydrogen-bond donors (Lipinski definition) is 1. The van der Waals surface area contributed by atoms with Crippen molar-refractivity contribution in [1.29, 1.82) is 0 Å². The van der Waals surface area contributed by atoms with E-state index in [9.17, 15) is 0 Å². The first-order chi connectivity index (χ1) is 9.86. The van der Waals surface area contributed by atoms with Crippen LogP contribution in [0.25, 0.3) is 0 Å². The fourth-order valence-electron chi connectivity index (χ4n) is 3.11. The van der Waals surface area contributed by atoms with Crippen molar-refractivity contribution in [3.63, 3.8) is 0 Å². The molecule has 0 bridgehead atoms. The SMILES string of the molecule is CCNC(CCN(CC1CC1)C1CC1)c1ccccc1. The summed E-state index contributed by atoms with van der Waals surface area (Å²) in [7, 11) is 0. The molecule has 0 aliphatic heterocycles. The third kappa shape index (κ3) is 4.07. The summed E-state index contributed by atoms with van der Waals surface area (Å²) in [6.07, 6.45) is 7.05. The van der Waals surface area contributed by atoms with E-state index < -0.39 is 0 Å². The van der Waals surface area contributed by atoms with Crippen molar-refractivity contribution in [1.82, 2.24) is 10.2 Å². The molecule has 2 heteroatoms. The quantitative estimate of drug-likeness (QED) is 0.739. The van der Waals surface area contributed by atoms with Gasteiger partial charge < -0.3 is 10.2 Å². The highest BCUT2D eigenvalue weighted by Gasteiger charge is 2.33. The van der Waals surface area contributed by atoms with Crippen LogP contribution in [-0.2, 0) is 0 Å². The van der Waals surface area contributed by atoms with Gasteiger partial charge in [-0.15, -0.1) is 0 Å². The minimum atomic E-state index is 0.515. The molecule has 1 aromatic rings. The van der Waals surface area contributed by atoms with Crippen molar-refractivity contribution in [2.24, 2.45) is 5.92 Å². The Kier molecular flexibility index (Phi) is 4.74. The zero-order chi connectivity index (χ0) is 13.8. The lowest BCUT2D eigenvalue weighted by atomic mass is 10.0. The summed E-state index contributed by atoms with van der Waals surface area (Å²) >= 11 is 0. The average molecular weight is 272 g/mol. The van der Waals surface area contributed by atoms with Crippen LogP contribution in [0.15, 0.2) is 30.3 Å². The monoisotopic (exact) mass is 272 g/mol. The van der Waals surface area contributed by atoms with Gasteiger partial charge in [0.1, 0.15) is 0 Å². The van der Waals surface area contributed by atoms with Crippen LogP contribution in [0.4, 0.5) is 0 Å². The minimum absolute atomic E-state index is 0.515.